The quantitative estimate of drug-likeness (QED) is 0.731. The van der Waals surface area contributed by atoms with E-state index in [2.05, 4.69) is 19.8 Å². The van der Waals surface area contributed by atoms with Crippen molar-refractivity contribution < 1.29 is 0 Å². The molecule has 1 aromatic carbocycles. The van der Waals surface area contributed by atoms with E-state index >= 15 is 0 Å². The number of anilines is 2. The molecule has 3 aromatic rings. The number of para-hydroxylation sites is 2. The Morgan fingerprint density at radius 1 is 1.00 bits per heavy atom. The van der Waals surface area contributed by atoms with Crippen LogP contribution in [0.3, 0.4) is 0 Å². The highest BCUT2D eigenvalue weighted by molar-refractivity contribution is 5.80. The summed E-state index contributed by atoms with van der Waals surface area (Å²) in [4.78, 5) is 22.9. The Morgan fingerprint density at radius 3 is 2.48 bits per heavy atom. The van der Waals surface area contributed by atoms with E-state index in [4.69, 9.17) is 9.97 Å². The van der Waals surface area contributed by atoms with Crippen molar-refractivity contribution in [1.82, 2.24) is 19.9 Å². The lowest BCUT2D eigenvalue weighted by molar-refractivity contribution is 0.573. The Bertz CT molecular complexity index is 845. The lowest BCUT2D eigenvalue weighted by atomic mass is 10.1. The van der Waals surface area contributed by atoms with Gasteiger partial charge in [-0.15, -0.1) is 0 Å². The zero-order chi connectivity index (χ0) is 17.1. The maximum absolute atomic E-state index is 4.95. The largest absolute Gasteiger partial charge is 0.354 e. The standard InChI is InChI=1S/C19H22N6/c1-24(14-15-13-20-9-10-21-15)18-19(25-11-5-2-6-12-25)23-17-8-4-3-7-16(17)22-18/h3-4,7-10,13H,2,5-6,11-12,14H2,1H3. The van der Waals surface area contributed by atoms with E-state index in [1.54, 1.807) is 18.6 Å². The maximum atomic E-state index is 4.95. The van der Waals surface area contributed by atoms with Crippen molar-refractivity contribution in [2.75, 3.05) is 29.9 Å². The Labute approximate surface area is 147 Å². The maximum Gasteiger partial charge on any atom is 0.172 e. The van der Waals surface area contributed by atoms with Gasteiger partial charge in [0.1, 0.15) is 0 Å². The molecule has 6 heteroatoms. The molecular formula is C19H22N6. The van der Waals surface area contributed by atoms with Gasteiger partial charge in [-0.3, -0.25) is 9.97 Å². The number of fused-ring (bicyclic) bond motifs is 1. The molecule has 25 heavy (non-hydrogen) atoms. The van der Waals surface area contributed by atoms with Crippen LogP contribution in [0.4, 0.5) is 11.6 Å². The third-order valence-electron chi connectivity index (χ3n) is 4.57. The first-order valence-corrected chi connectivity index (χ1v) is 8.79. The molecule has 0 saturated carbocycles. The first-order valence-electron chi connectivity index (χ1n) is 8.79. The van der Waals surface area contributed by atoms with Crippen molar-refractivity contribution in [1.29, 1.82) is 0 Å². The van der Waals surface area contributed by atoms with Crippen LogP contribution in [0.5, 0.6) is 0 Å². The molecule has 1 fully saturated rings. The second kappa shape index (κ2) is 7.01. The molecule has 6 nitrogen and oxygen atoms in total. The molecule has 1 aliphatic rings. The molecule has 0 atom stereocenters. The van der Waals surface area contributed by atoms with Gasteiger partial charge in [-0.2, -0.15) is 0 Å². The van der Waals surface area contributed by atoms with Crippen LogP contribution < -0.4 is 9.80 Å². The van der Waals surface area contributed by atoms with E-state index in [0.29, 0.717) is 6.54 Å². The molecule has 1 saturated heterocycles. The summed E-state index contributed by atoms with van der Waals surface area (Å²) in [6.07, 6.45) is 8.93. The van der Waals surface area contributed by atoms with Crippen molar-refractivity contribution in [3.63, 3.8) is 0 Å². The van der Waals surface area contributed by atoms with E-state index in [0.717, 1.165) is 41.5 Å². The molecule has 0 N–H and O–H groups in total. The summed E-state index contributed by atoms with van der Waals surface area (Å²) < 4.78 is 0. The smallest absolute Gasteiger partial charge is 0.172 e. The monoisotopic (exact) mass is 334 g/mol. The fraction of sp³-hybridized carbons (Fsp3) is 0.368. The lowest BCUT2D eigenvalue weighted by Gasteiger charge is -2.31. The van der Waals surface area contributed by atoms with Crippen molar-refractivity contribution >= 4 is 22.7 Å². The predicted molar refractivity (Wildman–Crippen MR) is 99.7 cm³/mol. The highest BCUT2D eigenvalue weighted by atomic mass is 15.3. The topological polar surface area (TPSA) is 58.0 Å². The minimum absolute atomic E-state index is 0.654. The number of aromatic nitrogens is 4. The van der Waals surface area contributed by atoms with Gasteiger partial charge in [0, 0.05) is 32.5 Å². The van der Waals surface area contributed by atoms with Gasteiger partial charge in [0.2, 0.25) is 0 Å². The van der Waals surface area contributed by atoms with Gasteiger partial charge in [-0.05, 0) is 31.4 Å². The van der Waals surface area contributed by atoms with E-state index in [1.807, 2.05) is 31.3 Å². The first kappa shape index (κ1) is 15.7. The van der Waals surface area contributed by atoms with E-state index in [9.17, 15) is 0 Å². The number of rotatable bonds is 4. The van der Waals surface area contributed by atoms with Crippen LogP contribution >= 0.6 is 0 Å². The van der Waals surface area contributed by atoms with E-state index < -0.39 is 0 Å². The van der Waals surface area contributed by atoms with Crippen LogP contribution in [-0.2, 0) is 6.54 Å². The fourth-order valence-corrected chi connectivity index (χ4v) is 3.28. The van der Waals surface area contributed by atoms with Crippen molar-refractivity contribution in [2.24, 2.45) is 0 Å². The lowest BCUT2D eigenvalue weighted by Crippen LogP contribution is -2.32. The molecule has 3 heterocycles. The third kappa shape index (κ3) is 3.38. The van der Waals surface area contributed by atoms with Gasteiger partial charge < -0.3 is 9.80 Å². The molecule has 0 aliphatic carbocycles. The van der Waals surface area contributed by atoms with Gasteiger partial charge >= 0.3 is 0 Å². The second-order valence-electron chi connectivity index (χ2n) is 6.46. The Hall–Kier alpha value is -2.76. The molecule has 0 bridgehead atoms. The molecule has 2 aromatic heterocycles. The van der Waals surface area contributed by atoms with Gasteiger partial charge in [0.15, 0.2) is 11.6 Å². The average Bonchev–Trinajstić information content (AvgIpc) is 2.68. The van der Waals surface area contributed by atoms with Crippen LogP contribution in [0, 0.1) is 0 Å². The molecule has 1 aliphatic heterocycles. The summed E-state index contributed by atoms with van der Waals surface area (Å²) in [7, 11) is 2.04. The zero-order valence-corrected chi connectivity index (χ0v) is 14.5. The van der Waals surface area contributed by atoms with E-state index in [-0.39, 0.29) is 0 Å². The molecule has 0 spiro atoms. The summed E-state index contributed by atoms with van der Waals surface area (Å²) in [5.41, 5.74) is 2.79. The Balaban J connectivity index is 1.74. The Morgan fingerprint density at radius 2 is 1.76 bits per heavy atom. The fourth-order valence-electron chi connectivity index (χ4n) is 3.28. The summed E-state index contributed by atoms with van der Waals surface area (Å²) in [6.45, 7) is 2.74. The number of piperidine rings is 1. The normalized spacial score (nSPS) is 14.7. The minimum atomic E-state index is 0.654. The van der Waals surface area contributed by atoms with Gasteiger partial charge in [-0.1, -0.05) is 12.1 Å². The summed E-state index contributed by atoms with van der Waals surface area (Å²) in [6, 6.07) is 8.06. The van der Waals surface area contributed by atoms with Crippen molar-refractivity contribution in [3.05, 3.63) is 48.5 Å². The SMILES string of the molecule is CN(Cc1cnccn1)c1nc2ccccc2nc1N1CCCCC1. The zero-order valence-electron chi connectivity index (χ0n) is 14.5. The second-order valence-corrected chi connectivity index (χ2v) is 6.46. The molecule has 0 unspecified atom stereocenters. The molecule has 4 rings (SSSR count). The van der Waals surface area contributed by atoms with Crippen LogP contribution in [0.2, 0.25) is 0 Å². The molecule has 128 valence electrons. The number of benzene rings is 1. The molecule has 0 radical (unpaired) electrons. The van der Waals surface area contributed by atoms with Gasteiger partial charge in [0.25, 0.3) is 0 Å². The number of nitrogens with zero attached hydrogens (tertiary/aromatic N) is 6. The van der Waals surface area contributed by atoms with Crippen molar-refractivity contribution in [2.45, 2.75) is 25.8 Å². The van der Waals surface area contributed by atoms with E-state index in [1.165, 1.54) is 19.3 Å². The van der Waals surface area contributed by atoms with Crippen LogP contribution in [0.15, 0.2) is 42.9 Å². The highest BCUT2D eigenvalue weighted by Gasteiger charge is 2.21. The van der Waals surface area contributed by atoms with Gasteiger partial charge in [0.05, 0.1) is 29.5 Å². The third-order valence-corrected chi connectivity index (χ3v) is 4.57. The Kier molecular flexibility index (Phi) is 4.41. The summed E-state index contributed by atoms with van der Waals surface area (Å²) in [5.74, 6) is 1.89. The van der Waals surface area contributed by atoms with Crippen LogP contribution in [-0.4, -0.2) is 40.1 Å². The minimum Gasteiger partial charge on any atom is -0.354 e. The van der Waals surface area contributed by atoms with Crippen LogP contribution in [0.25, 0.3) is 11.0 Å². The summed E-state index contributed by atoms with van der Waals surface area (Å²) in [5, 5.41) is 0. The summed E-state index contributed by atoms with van der Waals surface area (Å²) >= 11 is 0. The highest BCUT2D eigenvalue weighted by Crippen LogP contribution is 2.30. The predicted octanol–water partition coefficient (Wildman–Crippen LogP) is 3.05. The van der Waals surface area contributed by atoms with Crippen LogP contribution in [0.1, 0.15) is 25.0 Å². The number of hydrogen-bond acceptors (Lipinski definition) is 6. The molecule has 0 amide bonds. The number of hydrogen-bond donors (Lipinski definition) is 0. The first-order chi connectivity index (χ1) is 12.3. The average molecular weight is 334 g/mol. The van der Waals surface area contributed by atoms with Crippen molar-refractivity contribution in [3.8, 4) is 0 Å². The molecular weight excluding hydrogens is 312 g/mol. The van der Waals surface area contributed by atoms with Gasteiger partial charge in [-0.25, -0.2) is 9.97 Å².